The topological polar surface area (TPSA) is 52.6 Å². The van der Waals surface area contributed by atoms with Gasteiger partial charge in [-0.2, -0.15) is 0 Å². The van der Waals surface area contributed by atoms with Gasteiger partial charge in [0.05, 0.1) is 5.01 Å². The monoisotopic (exact) mass is 407 g/mol. The van der Waals surface area contributed by atoms with Gasteiger partial charge in [-0.25, -0.2) is 13.8 Å². The number of nitrogens with one attached hydrogen (secondary N) is 2. The molecule has 1 aliphatic heterocycles. The van der Waals surface area contributed by atoms with Crippen molar-refractivity contribution >= 4 is 17.3 Å². The Morgan fingerprint density at radius 3 is 2.82 bits per heavy atom. The number of nitrogens with zero attached hydrogens (tertiary/aromatic N) is 3. The van der Waals surface area contributed by atoms with Crippen molar-refractivity contribution in [3.63, 3.8) is 0 Å². The highest BCUT2D eigenvalue weighted by molar-refractivity contribution is 7.11. The highest BCUT2D eigenvalue weighted by Gasteiger charge is 2.22. The Hall–Kier alpha value is -2.06. The lowest BCUT2D eigenvalue weighted by molar-refractivity contribution is 0.188. The van der Waals surface area contributed by atoms with Crippen molar-refractivity contribution in [2.75, 3.05) is 26.7 Å². The summed E-state index contributed by atoms with van der Waals surface area (Å²) in [5.41, 5.74) is 0.143. The van der Waals surface area contributed by atoms with Crippen molar-refractivity contribution in [2.45, 2.75) is 38.8 Å². The van der Waals surface area contributed by atoms with E-state index in [2.05, 4.69) is 32.4 Å². The lowest BCUT2D eigenvalue weighted by Crippen LogP contribution is -2.51. The minimum Gasteiger partial charge on any atom is -0.356 e. The third-order valence-corrected chi connectivity index (χ3v) is 5.79. The number of guanidine groups is 1. The molecule has 5 nitrogen and oxygen atoms in total. The zero-order chi connectivity index (χ0) is 19.9. The van der Waals surface area contributed by atoms with Crippen molar-refractivity contribution in [3.05, 3.63) is 51.5 Å². The Morgan fingerprint density at radius 1 is 1.36 bits per heavy atom. The normalized spacial score (nSPS) is 18.3. The fraction of sp³-hybridized carbons (Fsp3) is 0.500. The fourth-order valence-corrected chi connectivity index (χ4v) is 4.20. The predicted molar refractivity (Wildman–Crippen MR) is 110 cm³/mol. The molecule has 0 bridgehead atoms. The lowest BCUT2D eigenvalue weighted by Gasteiger charge is -2.34. The molecule has 0 saturated carbocycles. The molecule has 0 aliphatic carbocycles. The van der Waals surface area contributed by atoms with Crippen LogP contribution < -0.4 is 10.6 Å². The first-order valence-electron chi connectivity index (χ1n) is 9.59. The second-order valence-corrected chi connectivity index (χ2v) is 8.35. The van der Waals surface area contributed by atoms with E-state index in [1.807, 2.05) is 6.20 Å². The molecule has 1 aromatic heterocycles. The number of rotatable bonds is 6. The maximum Gasteiger partial charge on any atom is 0.191 e. The smallest absolute Gasteiger partial charge is 0.191 e. The first-order chi connectivity index (χ1) is 13.5. The molecule has 2 aromatic rings. The van der Waals surface area contributed by atoms with Gasteiger partial charge >= 0.3 is 0 Å². The number of likely N-dealkylation sites (tertiary alicyclic amines) is 1. The number of aromatic nitrogens is 1. The summed E-state index contributed by atoms with van der Waals surface area (Å²) in [6, 6.07) is 4.22. The van der Waals surface area contributed by atoms with Crippen LogP contribution >= 0.6 is 11.3 Å². The molecule has 1 unspecified atom stereocenters. The van der Waals surface area contributed by atoms with Gasteiger partial charge in [0, 0.05) is 55.8 Å². The molecule has 1 aromatic carbocycles. The van der Waals surface area contributed by atoms with E-state index in [1.165, 1.54) is 23.1 Å². The molecule has 28 heavy (non-hydrogen) atoms. The van der Waals surface area contributed by atoms with Crippen LogP contribution in [0.3, 0.4) is 0 Å². The molecule has 2 heterocycles. The summed E-state index contributed by atoms with van der Waals surface area (Å²) in [5.74, 6) is -0.216. The van der Waals surface area contributed by atoms with Crippen LogP contribution in [0.4, 0.5) is 8.78 Å². The molecule has 2 N–H and O–H groups in total. The molecule has 3 rings (SSSR count). The minimum atomic E-state index is -0.481. The fourth-order valence-electron chi connectivity index (χ4n) is 3.42. The number of hydrogen-bond donors (Lipinski definition) is 2. The summed E-state index contributed by atoms with van der Waals surface area (Å²) in [6.07, 6.45) is 4.72. The van der Waals surface area contributed by atoms with Gasteiger partial charge in [0.25, 0.3) is 0 Å². The van der Waals surface area contributed by atoms with Gasteiger partial charge in [0.2, 0.25) is 0 Å². The van der Waals surface area contributed by atoms with Crippen molar-refractivity contribution in [1.82, 2.24) is 20.5 Å². The lowest BCUT2D eigenvalue weighted by atomic mass is 10.0. The second kappa shape index (κ2) is 9.93. The molecule has 1 saturated heterocycles. The zero-order valence-corrected chi connectivity index (χ0v) is 17.2. The Labute approximate surface area is 168 Å². The highest BCUT2D eigenvalue weighted by atomic mass is 32.1. The van der Waals surface area contributed by atoms with Gasteiger partial charge < -0.3 is 10.6 Å². The third-order valence-electron chi connectivity index (χ3n) is 4.81. The molecule has 152 valence electrons. The van der Waals surface area contributed by atoms with Gasteiger partial charge in [-0.1, -0.05) is 6.07 Å². The minimum absolute atomic E-state index is 0.143. The Bertz CT molecular complexity index is 787. The third kappa shape index (κ3) is 5.72. The van der Waals surface area contributed by atoms with Gasteiger partial charge in [0.15, 0.2) is 5.96 Å². The van der Waals surface area contributed by atoms with Crippen LogP contribution in [0.2, 0.25) is 0 Å². The number of benzene rings is 1. The van der Waals surface area contributed by atoms with Crippen molar-refractivity contribution in [1.29, 1.82) is 0 Å². The molecule has 1 aliphatic rings. The Balaban J connectivity index is 1.49. The number of aliphatic imine (C=N–C) groups is 1. The van der Waals surface area contributed by atoms with Gasteiger partial charge in [0.1, 0.15) is 11.6 Å². The van der Waals surface area contributed by atoms with Crippen LogP contribution in [0.1, 0.15) is 28.3 Å². The van der Waals surface area contributed by atoms with Gasteiger partial charge in [-0.05, 0) is 38.4 Å². The molecular weight excluding hydrogens is 380 g/mol. The van der Waals surface area contributed by atoms with Crippen LogP contribution in [-0.4, -0.2) is 48.6 Å². The standard InChI is InChI=1S/C20H27F2N5S/c1-14-11-25-19(28-14)8-9-24-20(23-2)26-15-5-4-10-27(12-15)13-16-17(21)6-3-7-18(16)22/h3,6-7,11,15H,4-5,8-10,12-13H2,1-2H3,(H2,23,24,26). The van der Waals surface area contributed by atoms with E-state index < -0.39 is 11.6 Å². The first kappa shape index (κ1) is 20.7. The van der Waals surface area contributed by atoms with Crippen LogP contribution in [0.15, 0.2) is 29.4 Å². The Kier molecular flexibility index (Phi) is 7.33. The molecule has 0 spiro atoms. The van der Waals surface area contributed by atoms with Crippen LogP contribution in [-0.2, 0) is 13.0 Å². The first-order valence-corrected chi connectivity index (χ1v) is 10.4. The molecule has 0 radical (unpaired) electrons. The van der Waals surface area contributed by atoms with Crippen LogP contribution in [0, 0.1) is 18.6 Å². The van der Waals surface area contributed by atoms with E-state index in [9.17, 15) is 8.78 Å². The molecule has 0 amide bonds. The summed E-state index contributed by atoms with van der Waals surface area (Å²) >= 11 is 1.71. The van der Waals surface area contributed by atoms with E-state index in [4.69, 9.17) is 0 Å². The number of halogens is 2. The SMILES string of the molecule is CN=C(NCCc1ncc(C)s1)NC1CCCN(Cc2c(F)cccc2F)C1. The highest BCUT2D eigenvalue weighted by Crippen LogP contribution is 2.18. The van der Waals surface area contributed by atoms with Crippen LogP contribution in [0.25, 0.3) is 0 Å². The van der Waals surface area contributed by atoms with Gasteiger partial charge in [-0.15, -0.1) is 11.3 Å². The average molecular weight is 408 g/mol. The predicted octanol–water partition coefficient (Wildman–Crippen LogP) is 3.10. The summed E-state index contributed by atoms with van der Waals surface area (Å²) in [7, 11) is 1.75. The van der Waals surface area contributed by atoms with Gasteiger partial charge in [-0.3, -0.25) is 9.89 Å². The molecule has 1 atom stereocenters. The molecule has 1 fully saturated rings. The summed E-state index contributed by atoms with van der Waals surface area (Å²) < 4.78 is 27.9. The number of thiazole rings is 1. The zero-order valence-electron chi connectivity index (χ0n) is 16.3. The average Bonchev–Trinajstić information content (AvgIpc) is 3.09. The Morgan fingerprint density at radius 2 is 2.14 bits per heavy atom. The van der Waals surface area contributed by atoms with E-state index in [0.717, 1.165) is 49.9 Å². The second-order valence-electron chi connectivity index (χ2n) is 7.03. The largest absolute Gasteiger partial charge is 0.356 e. The van der Waals surface area contributed by atoms with Crippen molar-refractivity contribution in [3.8, 4) is 0 Å². The van der Waals surface area contributed by atoms with E-state index in [0.29, 0.717) is 0 Å². The van der Waals surface area contributed by atoms with Crippen molar-refractivity contribution < 1.29 is 8.78 Å². The number of aryl methyl sites for hydroxylation is 1. The number of hydrogen-bond acceptors (Lipinski definition) is 4. The van der Waals surface area contributed by atoms with E-state index >= 15 is 0 Å². The van der Waals surface area contributed by atoms with E-state index in [1.54, 1.807) is 18.4 Å². The quantitative estimate of drug-likeness (QED) is 0.571. The van der Waals surface area contributed by atoms with Crippen LogP contribution in [0.5, 0.6) is 0 Å². The summed E-state index contributed by atoms with van der Waals surface area (Å²) in [6.45, 7) is 4.65. The number of piperidine rings is 1. The maximum absolute atomic E-state index is 13.9. The maximum atomic E-state index is 13.9. The molecule has 8 heteroatoms. The molecular formula is C20H27F2N5S. The van der Waals surface area contributed by atoms with E-state index in [-0.39, 0.29) is 18.2 Å². The van der Waals surface area contributed by atoms with Crippen molar-refractivity contribution in [2.24, 2.45) is 4.99 Å². The summed E-state index contributed by atoms with van der Waals surface area (Å²) in [5, 5.41) is 7.87. The summed E-state index contributed by atoms with van der Waals surface area (Å²) in [4.78, 5) is 12.0.